The Labute approximate surface area is 107 Å². The first kappa shape index (κ1) is 44.4. The minimum absolute atomic E-state index is 0. The van der Waals surface area contributed by atoms with Gasteiger partial charge in [0.05, 0.1) is 0 Å². The second kappa shape index (κ2) is 81.6. The molecular weight excluding hydrogens is 291 g/mol. The average molecular weight is 296 g/mol. The van der Waals surface area contributed by atoms with E-state index in [0.29, 0.717) is 0 Å². The molecule has 0 aliphatic carbocycles. The van der Waals surface area contributed by atoms with E-state index >= 15 is 0 Å². The third-order valence-electron chi connectivity index (χ3n) is 0. The summed E-state index contributed by atoms with van der Waals surface area (Å²) in [5.74, 6) is 0. The molecule has 0 atom stereocenters. The third kappa shape index (κ3) is 2560. The van der Waals surface area contributed by atoms with Crippen LogP contribution in [0.2, 0.25) is 0 Å². The van der Waals surface area contributed by atoms with Crippen molar-refractivity contribution in [1.29, 1.82) is 0 Å². The van der Waals surface area contributed by atoms with Gasteiger partial charge < -0.3 is 17.3 Å². The van der Waals surface area contributed by atoms with Crippen LogP contribution < -0.4 is 0 Å². The van der Waals surface area contributed by atoms with E-state index in [2.05, 4.69) is 40.1 Å². The molecule has 0 amide bonds. The summed E-state index contributed by atoms with van der Waals surface area (Å²) in [5, 5.41) is 0. The maximum absolute atomic E-state index is 9.75. The first-order valence-electron chi connectivity index (χ1n) is 2.51. The van der Waals surface area contributed by atoms with Gasteiger partial charge in [0.15, 0.2) is 0 Å². The van der Waals surface area contributed by atoms with Crippen molar-refractivity contribution in [3.63, 3.8) is 0 Å². The molecule has 0 bridgehead atoms. The number of hydrogen-bond donors (Lipinski definition) is 0. The fourth-order valence-corrected chi connectivity index (χ4v) is 0. The van der Waals surface area contributed by atoms with Crippen LogP contribution in [0.5, 0.6) is 0 Å². The molecule has 17 heavy (non-hydrogen) atoms. The zero-order chi connectivity index (χ0) is 15.2. The Morgan fingerprint density at radius 1 is 0.765 bits per heavy atom. The predicted molar refractivity (Wildman–Crippen MR) is 41.5 cm³/mol. The number of halogens is 4. The summed E-state index contributed by atoms with van der Waals surface area (Å²) in [6.45, 7) is 24.5. The molecule has 0 aliphatic heterocycles. The van der Waals surface area contributed by atoms with Crippen molar-refractivity contribution >= 4 is 7.25 Å². The number of allylic oxidation sites excluding steroid dienone is 1. The molecule has 97 valence electrons. The van der Waals surface area contributed by atoms with E-state index in [0.717, 1.165) is 0 Å². The molecule has 0 aromatic heterocycles. The number of hydrogen-bond acceptors (Lipinski definition) is 0. The summed E-state index contributed by atoms with van der Waals surface area (Å²) in [6.07, 6.45) is 1.50. The van der Waals surface area contributed by atoms with Gasteiger partial charge in [-0.3, -0.25) is 0 Å². The number of rotatable bonds is 0. The molecule has 0 aliphatic rings. The molecule has 0 unspecified atom stereocenters. The SMILES string of the molecule is F[B-](F)(F)F.[C-]#[O+].[C-]#[O+].[C-]#[O+].[C-]#[O+].[CH2]C=C.[Fe]. The van der Waals surface area contributed by atoms with E-state index in [-0.39, 0.29) is 17.1 Å². The molecule has 0 rings (SSSR count). The van der Waals surface area contributed by atoms with Gasteiger partial charge in [-0.15, -0.1) is 6.58 Å². The minimum Gasteiger partial charge on any atom is -0.103 e. The van der Waals surface area contributed by atoms with Crippen molar-refractivity contribution < 1.29 is 52.9 Å². The zero-order valence-electron chi connectivity index (χ0n) is 8.07. The van der Waals surface area contributed by atoms with Crippen LogP contribution in [0.3, 0.4) is 0 Å². The fourth-order valence-electron chi connectivity index (χ4n) is 0. The first-order valence-corrected chi connectivity index (χ1v) is 2.51. The van der Waals surface area contributed by atoms with Crippen molar-refractivity contribution in [2.24, 2.45) is 0 Å². The van der Waals surface area contributed by atoms with Crippen molar-refractivity contribution in [1.82, 2.24) is 0 Å². The monoisotopic (exact) mass is 296 g/mol. The van der Waals surface area contributed by atoms with Crippen LogP contribution >= 0.6 is 0 Å². The minimum atomic E-state index is -6.00. The van der Waals surface area contributed by atoms with Crippen LogP contribution in [0.25, 0.3) is 0 Å². The molecule has 10 heteroatoms. The normalized spacial score (nSPS) is 4.76. The largest absolute Gasteiger partial charge is 0.103 e. The summed E-state index contributed by atoms with van der Waals surface area (Å²) in [4.78, 5) is 0. The van der Waals surface area contributed by atoms with Gasteiger partial charge in [0.2, 0.25) is 0 Å². The summed E-state index contributed by atoms with van der Waals surface area (Å²) in [7, 11) is -6.00. The molecule has 4 nitrogen and oxygen atoms in total. The van der Waals surface area contributed by atoms with Crippen LogP contribution in [0, 0.1) is 33.5 Å². The van der Waals surface area contributed by atoms with Crippen LogP contribution in [-0.4, -0.2) is 7.25 Å². The second-order valence-electron chi connectivity index (χ2n) is 0.784. The molecule has 1 radical (unpaired) electrons. The molecule has 0 fully saturated rings. The molecule has 0 saturated carbocycles. The Kier molecular flexibility index (Phi) is 213. The van der Waals surface area contributed by atoms with Gasteiger partial charge in [-0.05, 0) is 6.92 Å². The molecule has 0 aromatic rings. The van der Waals surface area contributed by atoms with E-state index in [1.54, 1.807) is 0 Å². The topological polar surface area (TPSA) is 79.6 Å². The van der Waals surface area contributed by atoms with Gasteiger partial charge in [-0.25, -0.2) is 0 Å². The smallest absolute Gasteiger partial charge is 0 e. The van der Waals surface area contributed by atoms with E-state index in [1.165, 1.54) is 6.08 Å². The maximum Gasteiger partial charge on any atom is 0 e. The van der Waals surface area contributed by atoms with Crippen molar-refractivity contribution in [3.05, 3.63) is 46.2 Å². The van der Waals surface area contributed by atoms with E-state index < -0.39 is 7.25 Å². The Bertz CT molecular complexity index is 158. The molecule has 0 saturated heterocycles. The maximum atomic E-state index is 9.75. The zero-order valence-corrected chi connectivity index (χ0v) is 9.17. The molecule has 0 N–H and O–H groups in total. The standard InChI is InChI=1S/C3H5.4CO.BF4.Fe/c1-3-2;4*1-2;2-1(3,4)5;/h3H,1-2H2;;;;;;/q;;;;;-1;. The van der Waals surface area contributed by atoms with Crippen LogP contribution in [0.1, 0.15) is 0 Å². The van der Waals surface area contributed by atoms with Gasteiger partial charge in [-0.2, -0.15) is 0 Å². The van der Waals surface area contributed by atoms with Gasteiger partial charge in [0.1, 0.15) is 0 Å². The fraction of sp³-hybridized carbons (Fsp3) is 0. The van der Waals surface area contributed by atoms with Crippen molar-refractivity contribution in [2.75, 3.05) is 0 Å². The van der Waals surface area contributed by atoms with Gasteiger partial charge in [0.25, 0.3) is 0 Å². The van der Waals surface area contributed by atoms with Gasteiger partial charge >= 0.3 is 52.5 Å². The molecule has 0 heterocycles. The summed E-state index contributed by atoms with van der Waals surface area (Å²) in [5.41, 5.74) is 0. The Morgan fingerprint density at radius 2 is 0.765 bits per heavy atom. The van der Waals surface area contributed by atoms with Crippen molar-refractivity contribution in [2.45, 2.75) is 0 Å². The molecule has 0 aromatic carbocycles. The van der Waals surface area contributed by atoms with E-state index in [1.807, 2.05) is 0 Å². The Hall–Kier alpha value is -0.996. The van der Waals surface area contributed by atoms with E-state index in [4.69, 9.17) is 18.6 Å². The second-order valence-corrected chi connectivity index (χ2v) is 0.784. The van der Waals surface area contributed by atoms with Crippen LogP contribution in [0.4, 0.5) is 17.3 Å². The summed E-state index contributed by atoms with van der Waals surface area (Å²) in [6, 6.07) is 0. The quantitative estimate of drug-likeness (QED) is 0.284. The van der Waals surface area contributed by atoms with Crippen molar-refractivity contribution in [3.8, 4) is 0 Å². The molecule has 0 spiro atoms. The Balaban J connectivity index is -0.0000000149. The summed E-state index contributed by atoms with van der Waals surface area (Å²) < 4.78 is 69.0. The first-order chi connectivity index (χ1) is 7.41. The van der Waals surface area contributed by atoms with Crippen LogP contribution in [0.15, 0.2) is 12.7 Å². The van der Waals surface area contributed by atoms with Crippen LogP contribution in [-0.2, 0) is 35.7 Å². The van der Waals surface area contributed by atoms with E-state index in [9.17, 15) is 17.3 Å². The predicted octanol–water partition coefficient (Wildman–Crippen LogP) is 2.15. The average Bonchev–Trinajstić information content (AvgIpc) is 2.27. The van der Waals surface area contributed by atoms with Gasteiger partial charge in [-0.1, -0.05) is 6.08 Å². The molecular formula is C7H5BF4FeO4-. The third-order valence-corrected chi connectivity index (χ3v) is 0. The summed E-state index contributed by atoms with van der Waals surface area (Å²) >= 11 is 0. The Morgan fingerprint density at radius 3 is 0.765 bits per heavy atom. The van der Waals surface area contributed by atoms with Gasteiger partial charge in [0, 0.05) is 17.1 Å².